The van der Waals surface area contributed by atoms with Crippen LogP contribution in [0.25, 0.3) is 0 Å². The molecule has 6 heteroatoms. The van der Waals surface area contributed by atoms with Crippen molar-refractivity contribution in [3.8, 4) is 0 Å². The summed E-state index contributed by atoms with van der Waals surface area (Å²) in [5, 5.41) is 11.7. The number of hydrogen-bond acceptors (Lipinski definition) is 4. The molecule has 104 valence electrons. The molecule has 0 aromatic rings. The summed E-state index contributed by atoms with van der Waals surface area (Å²) in [6.45, 7) is 7.89. The molecule has 1 aliphatic rings. The number of carboxylic acids is 1. The Morgan fingerprint density at radius 3 is 2.33 bits per heavy atom. The van der Waals surface area contributed by atoms with Crippen molar-refractivity contribution in [2.45, 2.75) is 26.3 Å². The minimum absolute atomic E-state index is 0.126. The number of hydrogen-bond donors (Lipinski definition) is 2. The second-order valence-corrected chi connectivity index (χ2v) is 4.90. The molecule has 0 atom stereocenters. The zero-order valence-corrected chi connectivity index (χ0v) is 11.2. The Labute approximate surface area is 108 Å². The van der Waals surface area contributed by atoms with Crippen molar-refractivity contribution in [3.05, 3.63) is 0 Å². The maximum Gasteiger partial charge on any atom is 0.304 e. The first-order valence-electron chi connectivity index (χ1n) is 6.44. The first-order valence-corrected chi connectivity index (χ1v) is 6.44. The summed E-state index contributed by atoms with van der Waals surface area (Å²) >= 11 is 0. The lowest BCUT2D eigenvalue weighted by molar-refractivity contribution is -0.138. The lowest BCUT2D eigenvalue weighted by atomic mass is 10.2. The highest BCUT2D eigenvalue weighted by atomic mass is 16.4. The molecular weight excluding hydrogens is 234 g/mol. The number of carbonyl (C=O) groups is 2. The third-order valence-corrected chi connectivity index (χ3v) is 3.03. The highest BCUT2D eigenvalue weighted by molar-refractivity contribution is 5.78. The molecular formula is C12H23N3O3. The van der Waals surface area contributed by atoms with E-state index in [0.717, 1.165) is 13.1 Å². The van der Waals surface area contributed by atoms with E-state index in [4.69, 9.17) is 5.11 Å². The minimum atomic E-state index is -0.769. The van der Waals surface area contributed by atoms with Crippen molar-refractivity contribution >= 4 is 11.9 Å². The molecule has 1 saturated heterocycles. The summed E-state index contributed by atoms with van der Waals surface area (Å²) in [6.07, 6.45) is 0.169. The molecule has 0 aliphatic carbocycles. The number of aliphatic carboxylic acids is 1. The number of rotatable bonds is 6. The summed E-state index contributed by atoms with van der Waals surface area (Å²) in [7, 11) is 0. The van der Waals surface area contributed by atoms with Crippen LogP contribution in [0.2, 0.25) is 0 Å². The van der Waals surface area contributed by atoms with Gasteiger partial charge in [-0.3, -0.25) is 14.5 Å². The highest BCUT2D eigenvalue weighted by Gasteiger charge is 2.20. The van der Waals surface area contributed by atoms with Crippen molar-refractivity contribution in [1.82, 2.24) is 15.1 Å². The molecule has 0 aromatic carbocycles. The third-order valence-electron chi connectivity index (χ3n) is 3.03. The summed E-state index contributed by atoms with van der Waals surface area (Å²) in [4.78, 5) is 26.2. The molecule has 2 N–H and O–H groups in total. The molecule has 0 spiro atoms. The van der Waals surface area contributed by atoms with Gasteiger partial charge in [-0.25, -0.2) is 0 Å². The van der Waals surface area contributed by atoms with Gasteiger partial charge in [0.05, 0.1) is 13.0 Å². The Bertz CT molecular complexity index is 286. The van der Waals surface area contributed by atoms with E-state index in [9.17, 15) is 9.59 Å². The lowest BCUT2D eigenvalue weighted by Gasteiger charge is -2.34. The molecule has 1 rings (SSSR count). The summed E-state index contributed by atoms with van der Waals surface area (Å²) in [5.74, 6) is -0.642. The van der Waals surface area contributed by atoms with E-state index >= 15 is 0 Å². The Kier molecular flexibility index (Phi) is 6.07. The highest BCUT2D eigenvalue weighted by Crippen LogP contribution is 2.02. The fourth-order valence-corrected chi connectivity index (χ4v) is 1.88. The molecule has 1 fully saturated rings. The second-order valence-electron chi connectivity index (χ2n) is 4.90. The van der Waals surface area contributed by atoms with Gasteiger partial charge in [-0.15, -0.1) is 0 Å². The molecule has 0 saturated carbocycles. The van der Waals surface area contributed by atoms with E-state index < -0.39 is 5.97 Å². The number of piperazine rings is 1. The molecule has 1 amide bonds. The number of carboxylic acid groups (broad SMARTS) is 1. The van der Waals surface area contributed by atoms with Crippen LogP contribution in [0.3, 0.4) is 0 Å². The first-order chi connectivity index (χ1) is 8.49. The predicted octanol–water partition coefficient (Wildman–Crippen LogP) is -0.397. The Morgan fingerprint density at radius 1 is 1.22 bits per heavy atom. The number of amides is 1. The van der Waals surface area contributed by atoms with Gasteiger partial charge in [-0.1, -0.05) is 13.8 Å². The molecule has 6 nitrogen and oxygen atoms in total. The minimum Gasteiger partial charge on any atom is -0.481 e. The maximum atomic E-state index is 11.8. The maximum absolute atomic E-state index is 11.8. The topological polar surface area (TPSA) is 72.9 Å². The first kappa shape index (κ1) is 14.9. The number of nitrogens with one attached hydrogen (secondary N) is 1. The second kappa shape index (κ2) is 7.33. The van der Waals surface area contributed by atoms with Crippen LogP contribution in [0.1, 0.15) is 20.3 Å². The molecule has 1 aliphatic heterocycles. The van der Waals surface area contributed by atoms with E-state index in [-0.39, 0.29) is 12.3 Å². The third kappa shape index (κ3) is 5.46. The van der Waals surface area contributed by atoms with Crippen LogP contribution in [0.15, 0.2) is 0 Å². The van der Waals surface area contributed by atoms with Gasteiger partial charge in [0.25, 0.3) is 0 Å². The van der Waals surface area contributed by atoms with Gasteiger partial charge < -0.3 is 15.3 Å². The van der Waals surface area contributed by atoms with Crippen molar-refractivity contribution in [2.75, 3.05) is 39.3 Å². The van der Waals surface area contributed by atoms with Crippen molar-refractivity contribution in [2.24, 2.45) is 0 Å². The van der Waals surface area contributed by atoms with Gasteiger partial charge in [0.1, 0.15) is 0 Å². The van der Waals surface area contributed by atoms with Crippen LogP contribution in [0, 0.1) is 0 Å². The van der Waals surface area contributed by atoms with E-state index in [1.54, 1.807) is 0 Å². The molecule has 0 unspecified atom stereocenters. The smallest absolute Gasteiger partial charge is 0.304 e. The molecule has 0 bridgehead atoms. The van der Waals surface area contributed by atoms with Gasteiger partial charge in [0.2, 0.25) is 5.91 Å². The van der Waals surface area contributed by atoms with Gasteiger partial charge >= 0.3 is 5.97 Å². The zero-order chi connectivity index (χ0) is 13.5. The van der Waals surface area contributed by atoms with E-state index in [1.165, 1.54) is 0 Å². The number of carbonyl (C=O) groups excluding carboxylic acids is 1. The zero-order valence-electron chi connectivity index (χ0n) is 11.2. The van der Waals surface area contributed by atoms with Crippen molar-refractivity contribution in [3.63, 3.8) is 0 Å². The quantitative estimate of drug-likeness (QED) is 0.677. The monoisotopic (exact) mass is 257 g/mol. The summed E-state index contributed by atoms with van der Waals surface area (Å²) < 4.78 is 0. The van der Waals surface area contributed by atoms with E-state index in [2.05, 4.69) is 10.2 Å². The Balaban J connectivity index is 2.22. The summed E-state index contributed by atoms with van der Waals surface area (Å²) in [5.41, 5.74) is 0. The van der Waals surface area contributed by atoms with Crippen LogP contribution in [0.4, 0.5) is 0 Å². The molecule has 1 heterocycles. The fourth-order valence-electron chi connectivity index (χ4n) is 1.88. The average Bonchev–Trinajstić information content (AvgIpc) is 2.34. The lowest BCUT2D eigenvalue weighted by Crippen LogP contribution is -2.51. The van der Waals surface area contributed by atoms with Gasteiger partial charge in [-0.05, 0) is 0 Å². The van der Waals surface area contributed by atoms with Gasteiger partial charge in [0.15, 0.2) is 0 Å². The SMILES string of the molecule is CC(C)NCC(=O)N1CCN(CCC(=O)O)CC1. The Hall–Kier alpha value is -1.14. The van der Waals surface area contributed by atoms with Crippen LogP contribution in [-0.4, -0.2) is 72.1 Å². The predicted molar refractivity (Wildman–Crippen MR) is 68.4 cm³/mol. The van der Waals surface area contributed by atoms with Crippen LogP contribution >= 0.6 is 0 Å². The fraction of sp³-hybridized carbons (Fsp3) is 0.833. The normalized spacial score (nSPS) is 17.2. The average molecular weight is 257 g/mol. The van der Waals surface area contributed by atoms with Crippen molar-refractivity contribution in [1.29, 1.82) is 0 Å². The van der Waals surface area contributed by atoms with Gasteiger partial charge in [0, 0.05) is 38.8 Å². The van der Waals surface area contributed by atoms with Crippen LogP contribution in [-0.2, 0) is 9.59 Å². The summed E-state index contributed by atoms with van der Waals surface area (Å²) in [6, 6.07) is 0.311. The molecule has 0 aromatic heterocycles. The van der Waals surface area contributed by atoms with E-state index in [1.807, 2.05) is 18.7 Å². The van der Waals surface area contributed by atoms with Crippen LogP contribution < -0.4 is 5.32 Å². The van der Waals surface area contributed by atoms with Crippen molar-refractivity contribution < 1.29 is 14.7 Å². The molecule has 18 heavy (non-hydrogen) atoms. The van der Waals surface area contributed by atoms with Gasteiger partial charge in [-0.2, -0.15) is 0 Å². The van der Waals surface area contributed by atoms with Crippen LogP contribution in [0.5, 0.6) is 0 Å². The molecule has 0 radical (unpaired) electrons. The largest absolute Gasteiger partial charge is 0.481 e. The standard InChI is InChI=1S/C12H23N3O3/c1-10(2)13-9-11(16)15-7-5-14(6-8-15)4-3-12(17)18/h10,13H,3-9H2,1-2H3,(H,17,18). The number of nitrogens with zero attached hydrogens (tertiary/aromatic N) is 2. The Morgan fingerprint density at radius 2 is 1.83 bits per heavy atom. The van der Waals surface area contributed by atoms with E-state index in [0.29, 0.717) is 32.2 Å².